The summed E-state index contributed by atoms with van der Waals surface area (Å²) in [6.07, 6.45) is 1.94. The Morgan fingerprint density at radius 2 is 2.08 bits per heavy atom. The average Bonchev–Trinajstić information content (AvgIpc) is 3.08. The molecule has 2 heterocycles. The van der Waals surface area contributed by atoms with Gasteiger partial charge < -0.3 is 19.4 Å². The highest BCUT2D eigenvalue weighted by molar-refractivity contribution is 6.00. The highest BCUT2D eigenvalue weighted by Gasteiger charge is 2.31. The van der Waals surface area contributed by atoms with Gasteiger partial charge in [-0.15, -0.1) is 0 Å². The molecule has 0 aliphatic carbocycles. The van der Waals surface area contributed by atoms with E-state index in [1.165, 1.54) is 0 Å². The van der Waals surface area contributed by atoms with Crippen LogP contribution >= 0.6 is 0 Å². The van der Waals surface area contributed by atoms with Crippen molar-refractivity contribution in [2.75, 3.05) is 11.4 Å². The normalized spacial score (nSPS) is 17.6. The zero-order valence-electron chi connectivity index (χ0n) is 14.4. The fourth-order valence-electron chi connectivity index (χ4n) is 2.93. The van der Waals surface area contributed by atoms with Crippen LogP contribution in [0.1, 0.15) is 26.0 Å². The van der Waals surface area contributed by atoms with Gasteiger partial charge in [0.1, 0.15) is 11.5 Å². The fourth-order valence-corrected chi connectivity index (χ4v) is 2.93. The van der Waals surface area contributed by atoms with Gasteiger partial charge in [0, 0.05) is 25.4 Å². The molecule has 0 unspecified atom stereocenters. The van der Waals surface area contributed by atoms with Gasteiger partial charge in [-0.2, -0.15) is 0 Å². The highest BCUT2D eigenvalue weighted by atomic mass is 16.5. The molecule has 0 saturated carbocycles. The molecule has 132 valence electrons. The minimum atomic E-state index is -0.546. The number of ether oxygens (including phenoxy) is 1. The van der Waals surface area contributed by atoms with E-state index in [0.29, 0.717) is 24.4 Å². The summed E-state index contributed by atoms with van der Waals surface area (Å²) in [4.78, 5) is 26.2. The molecule has 6 heteroatoms. The maximum Gasteiger partial charge on any atom is 0.267 e. The van der Waals surface area contributed by atoms with Crippen molar-refractivity contribution in [2.45, 2.75) is 38.8 Å². The van der Waals surface area contributed by atoms with Crippen LogP contribution in [0.15, 0.2) is 47.1 Å². The number of hydrogen-bond donors (Lipinski definition) is 1. The molecule has 0 spiro atoms. The number of nitrogens with zero attached hydrogens (tertiary/aromatic N) is 1. The van der Waals surface area contributed by atoms with Crippen molar-refractivity contribution in [3.05, 3.63) is 48.4 Å². The van der Waals surface area contributed by atoms with Crippen LogP contribution in [0.25, 0.3) is 0 Å². The van der Waals surface area contributed by atoms with Gasteiger partial charge in [0.25, 0.3) is 5.91 Å². The van der Waals surface area contributed by atoms with Crippen LogP contribution in [-0.2, 0) is 16.0 Å². The number of para-hydroxylation sites is 2. The van der Waals surface area contributed by atoms with Gasteiger partial charge in [-0.1, -0.05) is 12.1 Å². The zero-order chi connectivity index (χ0) is 17.8. The first kappa shape index (κ1) is 17.1. The number of fused-ring (bicyclic) bond motifs is 1. The Labute approximate surface area is 146 Å². The van der Waals surface area contributed by atoms with E-state index in [1.54, 1.807) is 18.1 Å². The maximum atomic E-state index is 12.4. The second-order valence-electron chi connectivity index (χ2n) is 6.22. The summed E-state index contributed by atoms with van der Waals surface area (Å²) in [5, 5.41) is 2.94. The lowest BCUT2D eigenvalue weighted by Gasteiger charge is -2.32. The molecule has 6 nitrogen and oxygen atoms in total. The molecule has 1 aliphatic rings. The third-order valence-electron chi connectivity index (χ3n) is 4.13. The number of nitrogens with one attached hydrogen (secondary N) is 1. The van der Waals surface area contributed by atoms with Crippen LogP contribution in [-0.4, -0.2) is 30.5 Å². The monoisotopic (exact) mass is 342 g/mol. The summed E-state index contributed by atoms with van der Waals surface area (Å²) in [7, 11) is 0. The maximum absolute atomic E-state index is 12.4. The molecule has 1 aliphatic heterocycles. The van der Waals surface area contributed by atoms with E-state index in [0.717, 1.165) is 5.76 Å². The molecule has 1 N–H and O–H groups in total. The molecule has 1 aromatic heterocycles. The van der Waals surface area contributed by atoms with Crippen LogP contribution in [0.2, 0.25) is 0 Å². The summed E-state index contributed by atoms with van der Waals surface area (Å²) < 4.78 is 10.9. The Morgan fingerprint density at radius 1 is 1.28 bits per heavy atom. The first-order valence-corrected chi connectivity index (χ1v) is 8.43. The van der Waals surface area contributed by atoms with E-state index in [1.807, 2.05) is 43.3 Å². The summed E-state index contributed by atoms with van der Waals surface area (Å²) >= 11 is 0. The fraction of sp³-hybridized carbons (Fsp3) is 0.368. The first-order valence-electron chi connectivity index (χ1n) is 8.43. The third kappa shape index (κ3) is 4.02. The Hall–Kier alpha value is -2.76. The van der Waals surface area contributed by atoms with Crippen LogP contribution in [0.4, 0.5) is 5.69 Å². The topological polar surface area (TPSA) is 71.8 Å². The molecule has 3 rings (SSSR count). The van der Waals surface area contributed by atoms with Crippen molar-refractivity contribution in [1.29, 1.82) is 0 Å². The van der Waals surface area contributed by atoms with E-state index < -0.39 is 6.10 Å². The van der Waals surface area contributed by atoms with Crippen molar-refractivity contribution >= 4 is 17.5 Å². The number of anilines is 1. The largest absolute Gasteiger partial charge is 0.479 e. The number of amides is 2. The number of furan rings is 1. The van der Waals surface area contributed by atoms with E-state index in [-0.39, 0.29) is 24.3 Å². The molecule has 1 aromatic carbocycles. The smallest absolute Gasteiger partial charge is 0.267 e. The molecule has 2 amide bonds. The summed E-state index contributed by atoms with van der Waals surface area (Å²) in [5.41, 5.74) is 0.710. The Balaban J connectivity index is 1.57. The van der Waals surface area contributed by atoms with Crippen molar-refractivity contribution in [1.82, 2.24) is 5.32 Å². The van der Waals surface area contributed by atoms with Crippen molar-refractivity contribution in [3.8, 4) is 5.75 Å². The number of benzene rings is 1. The number of hydrogen-bond acceptors (Lipinski definition) is 4. The van der Waals surface area contributed by atoms with Crippen LogP contribution in [0.3, 0.4) is 0 Å². The van der Waals surface area contributed by atoms with E-state index in [4.69, 9.17) is 9.15 Å². The Kier molecular flexibility index (Phi) is 5.07. The summed E-state index contributed by atoms with van der Waals surface area (Å²) in [6.45, 7) is 3.97. The first-order chi connectivity index (χ1) is 12.0. The highest BCUT2D eigenvalue weighted by Crippen LogP contribution is 2.33. The van der Waals surface area contributed by atoms with Crippen LogP contribution in [0, 0.1) is 0 Å². The minimum Gasteiger partial charge on any atom is -0.479 e. The number of rotatable bonds is 6. The molecule has 2 aromatic rings. The third-order valence-corrected chi connectivity index (χ3v) is 4.13. The average molecular weight is 342 g/mol. The molecule has 2 atom stereocenters. The van der Waals surface area contributed by atoms with Gasteiger partial charge in [0.05, 0.1) is 12.0 Å². The van der Waals surface area contributed by atoms with Crippen LogP contribution < -0.4 is 15.0 Å². The predicted octanol–water partition coefficient (Wildman–Crippen LogP) is 2.53. The number of carbonyl (C=O) groups excluding carboxylic acids is 2. The minimum absolute atomic E-state index is 0.0368. The molecule has 0 fully saturated rings. The van der Waals surface area contributed by atoms with Gasteiger partial charge in [0.15, 0.2) is 6.10 Å². The van der Waals surface area contributed by atoms with Crippen molar-refractivity contribution in [2.24, 2.45) is 0 Å². The SMILES string of the molecule is C[C@@H]1Oc2ccccc2N(CCC(=O)N[C@@H](C)Cc2ccco2)C1=O. The lowest BCUT2D eigenvalue weighted by Crippen LogP contribution is -2.46. The molecular weight excluding hydrogens is 320 g/mol. The summed E-state index contributed by atoms with van der Waals surface area (Å²) in [5.74, 6) is 1.28. The molecule has 0 bridgehead atoms. The van der Waals surface area contributed by atoms with Gasteiger partial charge in [-0.05, 0) is 38.1 Å². The summed E-state index contributed by atoms with van der Waals surface area (Å²) in [6, 6.07) is 11.0. The van der Waals surface area contributed by atoms with Crippen molar-refractivity contribution < 1.29 is 18.7 Å². The molecular formula is C19H22N2O4. The number of carbonyl (C=O) groups is 2. The molecule has 0 saturated heterocycles. The molecule has 0 radical (unpaired) electrons. The van der Waals surface area contributed by atoms with Gasteiger partial charge in [-0.3, -0.25) is 9.59 Å². The quantitative estimate of drug-likeness (QED) is 0.876. The van der Waals surface area contributed by atoms with E-state index >= 15 is 0 Å². The van der Waals surface area contributed by atoms with Gasteiger partial charge in [0.2, 0.25) is 5.91 Å². The molecule has 25 heavy (non-hydrogen) atoms. The Bertz CT molecular complexity index is 742. The van der Waals surface area contributed by atoms with Gasteiger partial charge >= 0.3 is 0 Å². The second kappa shape index (κ2) is 7.42. The van der Waals surface area contributed by atoms with Gasteiger partial charge in [-0.25, -0.2) is 0 Å². The lowest BCUT2D eigenvalue weighted by molar-refractivity contribution is -0.125. The van der Waals surface area contributed by atoms with E-state index in [2.05, 4.69) is 5.32 Å². The van der Waals surface area contributed by atoms with E-state index in [9.17, 15) is 9.59 Å². The van der Waals surface area contributed by atoms with Crippen molar-refractivity contribution in [3.63, 3.8) is 0 Å². The second-order valence-corrected chi connectivity index (χ2v) is 6.22. The Morgan fingerprint density at radius 3 is 2.84 bits per heavy atom. The predicted molar refractivity (Wildman–Crippen MR) is 93.5 cm³/mol. The standard InChI is InChI=1S/C19H22N2O4/c1-13(12-15-6-5-11-24-15)20-18(22)9-10-21-16-7-3-4-8-17(16)25-14(2)19(21)23/h3-8,11,13-14H,9-10,12H2,1-2H3,(H,20,22)/t13-,14-/m0/s1. The lowest BCUT2D eigenvalue weighted by atomic mass is 10.1. The zero-order valence-corrected chi connectivity index (χ0v) is 14.4. The van der Waals surface area contributed by atoms with Crippen LogP contribution in [0.5, 0.6) is 5.75 Å².